The van der Waals surface area contributed by atoms with Crippen molar-refractivity contribution < 1.29 is 74.7 Å². The molecule has 0 amide bonds. The zero-order chi connectivity index (χ0) is 30.5. The number of aromatic hydroxyl groups is 4. The fraction of sp³-hybridized carbons (Fsp3) is 0.481. The predicted octanol–water partition coefficient (Wildman–Crippen LogP) is -1.35. The standard InChI is InChI=1S/C27H32O15/c1-9-19(32)21(34)23(36)26(39-9)38-8-18-20(33)22(35)24(37)27(42-18)41-17-7-12-14(30)5-11(28)6-16(12)40-25(17)10-2-3-13(29)15(31)4-10/h2-7,9,18-37H,8H2,1H3/t9-,18+,19-,20+,21-,22+,23+,24+,25?,26+,27+/m0/s1. The van der Waals surface area contributed by atoms with E-state index in [1.807, 2.05) is 0 Å². The summed E-state index contributed by atoms with van der Waals surface area (Å²) in [5, 5.41) is 102. The predicted molar refractivity (Wildman–Crippen MR) is 137 cm³/mol. The van der Waals surface area contributed by atoms with Gasteiger partial charge < -0.3 is 74.7 Å². The molecule has 2 fully saturated rings. The summed E-state index contributed by atoms with van der Waals surface area (Å²) in [6.07, 6.45) is -15.1. The summed E-state index contributed by atoms with van der Waals surface area (Å²) in [6.45, 7) is 0.934. The zero-order valence-electron chi connectivity index (χ0n) is 22.0. The minimum Gasteiger partial charge on any atom is -0.508 e. The molecule has 230 valence electrons. The van der Waals surface area contributed by atoms with Crippen molar-refractivity contribution in [2.45, 2.75) is 74.4 Å². The highest BCUT2D eigenvalue weighted by Gasteiger charge is 2.48. The van der Waals surface area contributed by atoms with Crippen LogP contribution in [0, 0.1) is 0 Å². The van der Waals surface area contributed by atoms with E-state index in [-0.39, 0.29) is 34.1 Å². The van der Waals surface area contributed by atoms with Gasteiger partial charge in [0.05, 0.1) is 18.3 Å². The van der Waals surface area contributed by atoms with Gasteiger partial charge in [-0.25, -0.2) is 0 Å². The van der Waals surface area contributed by atoms with E-state index in [0.717, 1.165) is 6.07 Å². The van der Waals surface area contributed by atoms with Crippen molar-refractivity contribution in [1.29, 1.82) is 0 Å². The van der Waals surface area contributed by atoms with Gasteiger partial charge in [0.25, 0.3) is 0 Å². The van der Waals surface area contributed by atoms with Gasteiger partial charge in [0.15, 0.2) is 23.9 Å². The number of hydrogen-bond acceptors (Lipinski definition) is 15. The molecule has 0 bridgehead atoms. The molecule has 0 aromatic heterocycles. The van der Waals surface area contributed by atoms with Gasteiger partial charge in [0.1, 0.15) is 65.7 Å². The van der Waals surface area contributed by atoms with Crippen LogP contribution in [0.2, 0.25) is 0 Å². The van der Waals surface area contributed by atoms with E-state index < -0.39 is 85.6 Å². The van der Waals surface area contributed by atoms with E-state index >= 15 is 0 Å². The first-order valence-corrected chi connectivity index (χ1v) is 13.0. The van der Waals surface area contributed by atoms with Gasteiger partial charge in [0, 0.05) is 17.7 Å². The Morgan fingerprint density at radius 3 is 2.12 bits per heavy atom. The summed E-state index contributed by atoms with van der Waals surface area (Å²) >= 11 is 0. The summed E-state index contributed by atoms with van der Waals surface area (Å²) in [5.41, 5.74) is 0.334. The van der Waals surface area contributed by atoms with Gasteiger partial charge in [-0.2, -0.15) is 0 Å². The van der Waals surface area contributed by atoms with E-state index in [1.165, 1.54) is 37.3 Å². The fourth-order valence-electron chi connectivity index (χ4n) is 4.90. The Morgan fingerprint density at radius 2 is 1.40 bits per heavy atom. The lowest BCUT2D eigenvalue weighted by Gasteiger charge is -2.43. The van der Waals surface area contributed by atoms with Gasteiger partial charge in [0.2, 0.25) is 6.29 Å². The van der Waals surface area contributed by atoms with Crippen LogP contribution in [0.5, 0.6) is 28.7 Å². The van der Waals surface area contributed by atoms with E-state index in [4.69, 9.17) is 23.7 Å². The molecule has 42 heavy (non-hydrogen) atoms. The fourth-order valence-corrected chi connectivity index (χ4v) is 4.90. The molecular weight excluding hydrogens is 564 g/mol. The molecule has 11 atom stereocenters. The third kappa shape index (κ3) is 5.66. The minimum atomic E-state index is -1.81. The maximum Gasteiger partial charge on any atom is 0.228 e. The van der Waals surface area contributed by atoms with Crippen LogP contribution in [0.4, 0.5) is 0 Å². The van der Waals surface area contributed by atoms with Crippen molar-refractivity contribution in [3.63, 3.8) is 0 Å². The number of phenols is 4. The maximum absolute atomic E-state index is 10.7. The van der Waals surface area contributed by atoms with Crippen LogP contribution in [0.25, 0.3) is 6.08 Å². The Kier molecular flexibility index (Phi) is 8.39. The topological polar surface area (TPSA) is 248 Å². The molecule has 2 saturated heterocycles. The molecular formula is C27H32O15. The largest absolute Gasteiger partial charge is 0.508 e. The Balaban J connectivity index is 1.39. The zero-order valence-corrected chi connectivity index (χ0v) is 22.0. The normalized spacial score (nSPS) is 36.5. The molecule has 2 aromatic carbocycles. The number of fused-ring (bicyclic) bond motifs is 1. The Morgan fingerprint density at radius 1 is 0.714 bits per heavy atom. The van der Waals surface area contributed by atoms with Crippen molar-refractivity contribution in [3.05, 3.63) is 47.2 Å². The van der Waals surface area contributed by atoms with E-state index in [1.54, 1.807) is 0 Å². The van der Waals surface area contributed by atoms with Crippen LogP contribution in [0.1, 0.15) is 24.2 Å². The molecule has 3 heterocycles. The van der Waals surface area contributed by atoms with Crippen molar-refractivity contribution in [2.24, 2.45) is 0 Å². The van der Waals surface area contributed by atoms with Crippen LogP contribution >= 0.6 is 0 Å². The first-order valence-electron chi connectivity index (χ1n) is 13.0. The second-order valence-corrected chi connectivity index (χ2v) is 10.3. The van der Waals surface area contributed by atoms with E-state index in [2.05, 4.69) is 0 Å². The second kappa shape index (κ2) is 11.7. The molecule has 3 aliphatic heterocycles. The molecule has 5 rings (SSSR count). The first-order chi connectivity index (χ1) is 19.8. The van der Waals surface area contributed by atoms with Gasteiger partial charge in [-0.1, -0.05) is 6.07 Å². The summed E-state index contributed by atoms with van der Waals surface area (Å²) in [5.74, 6) is -1.63. The van der Waals surface area contributed by atoms with Gasteiger partial charge in [-0.05, 0) is 25.1 Å². The number of hydrogen-bond donors (Lipinski definition) is 10. The highest BCUT2D eigenvalue weighted by molar-refractivity contribution is 5.69. The molecule has 0 saturated carbocycles. The van der Waals surface area contributed by atoms with Gasteiger partial charge >= 0.3 is 0 Å². The summed E-state index contributed by atoms with van der Waals surface area (Å²) in [4.78, 5) is 0. The molecule has 3 aliphatic rings. The number of ether oxygens (including phenoxy) is 5. The Hall–Kier alpha value is -3.38. The lowest BCUT2D eigenvalue weighted by molar-refractivity contribution is -0.324. The van der Waals surface area contributed by atoms with Crippen molar-refractivity contribution in [1.82, 2.24) is 0 Å². The van der Waals surface area contributed by atoms with Gasteiger partial charge in [-0.15, -0.1) is 0 Å². The highest BCUT2D eigenvalue weighted by atomic mass is 16.7. The molecule has 0 aliphatic carbocycles. The Bertz CT molecular complexity index is 1320. The van der Waals surface area contributed by atoms with Crippen LogP contribution in [0.15, 0.2) is 36.1 Å². The van der Waals surface area contributed by atoms with E-state index in [9.17, 15) is 51.1 Å². The molecule has 2 aromatic rings. The lowest BCUT2D eigenvalue weighted by atomic mass is 9.98. The molecule has 10 N–H and O–H groups in total. The minimum absolute atomic E-state index is 0.0387. The summed E-state index contributed by atoms with van der Waals surface area (Å²) in [7, 11) is 0. The van der Waals surface area contributed by atoms with Crippen LogP contribution in [-0.2, 0) is 18.9 Å². The monoisotopic (exact) mass is 596 g/mol. The molecule has 0 spiro atoms. The number of rotatable bonds is 6. The van der Waals surface area contributed by atoms with Crippen LogP contribution < -0.4 is 4.74 Å². The average molecular weight is 597 g/mol. The van der Waals surface area contributed by atoms with Crippen molar-refractivity contribution in [2.75, 3.05) is 6.61 Å². The average Bonchev–Trinajstić information content (AvgIpc) is 2.95. The molecule has 15 nitrogen and oxygen atoms in total. The molecule has 1 unspecified atom stereocenters. The third-order valence-corrected chi connectivity index (χ3v) is 7.35. The SMILES string of the molecule is C[C@@H]1O[C@@H](OC[C@H]2O[C@@H](OC3=Cc4c(O)cc(O)cc4OC3c3ccc(O)c(O)c3)[C@H](O)[C@H](O)[C@@H]2O)[C@H](O)[C@@H](O)[C@H]1O. The van der Waals surface area contributed by atoms with Crippen molar-refractivity contribution in [3.8, 4) is 28.7 Å². The third-order valence-electron chi connectivity index (χ3n) is 7.35. The Labute approximate surface area is 238 Å². The lowest BCUT2D eigenvalue weighted by Crippen LogP contribution is -2.61. The first kappa shape index (κ1) is 30.1. The molecule has 15 heteroatoms. The summed E-state index contributed by atoms with van der Waals surface area (Å²) < 4.78 is 28.4. The second-order valence-electron chi connectivity index (χ2n) is 10.3. The quantitative estimate of drug-likeness (QED) is 0.173. The van der Waals surface area contributed by atoms with Crippen LogP contribution in [0.3, 0.4) is 0 Å². The van der Waals surface area contributed by atoms with Gasteiger partial charge in [-0.3, -0.25) is 0 Å². The molecule has 0 radical (unpaired) electrons. The maximum atomic E-state index is 10.7. The number of aliphatic hydroxyl groups excluding tert-OH is 6. The number of aliphatic hydroxyl groups is 6. The number of benzene rings is 2. The van der Waals surface area contributed by atoms with Crippen molar-refractivity contribution >= 4 is 6.08 Å². The van der Waals surface area contributed by atoms with E-state index in [0.29, 0.717) is 0 Å². The van der Waals surface area contributed by atoms with Crippen LogP contribution in [-0.4, -0.2) is 119 Å². The number of phenolic OH excluding ortho intramolecular Hbond substituents is 4. The summed E-state index contributed by atoms with van der Waals surface area (Å²) in [6, 6.07) is 6.06. The smallest absolute Gasteiger partial charge is 0.228 e. The highest BCUT2D eigenvalue weighted by Crippen LogP contribution is 2.45.